The zero-order chi connectivity index (χ0) is 14.2. The Hall–Kier alpha value is -0.570. The van der Waals surface area contributed by atoms with Crippen molar-refractivity contribution in [3.05, 3.63) is 0 Å². The summed E-state index contributed by atoms with van der Waals surface area (Å²) in [4.78, 5) is 11.5. The van der Waals surface area contributed by atoms with Crippen LogP contribution in [-0.4, -0.2) is 42.7 Å². The van der Waals surface area contributed by atoms with Crippen molar-refractivity contribution in [2.24, 2.45) is 11.8 Å². The molecular formula is C17H30NO2+. The maximum atomic E-state index is 11.5. The Labute approximate surface area is 123 Å². The minimum atomic E-state index is -0.0751. The van der Waals surface area contributed by atoms with Crippen LogP contribution in [0.3, 0.4) is 0 Å². The van der Waals surface area contributed by atoms with Crippen molar-refractivity contribution in [2.75, 3.05) is 20.1 Å². The summed E-state index contributed by atoms with van der Waals surface area (Å²) in [5.74, 6) is 1.19. The van der Waals surface area contributed by atoms with Gasteiger partial charge in [-0.1, -0.05) is 6.42 Å². The van der Waals surface area contributed by atoms with E-state index in [0.29, 0.717) is 11.8 Å². The van der Waals surface area contributed by atoms with Gasteiger partial charge in [-0.15, -0.1) is 0 Å². The second-order valence-electron chi connectivity index (χ2n) is 7.56. The molecule has 2 bridgehead atoms. The van der Waals surface area contributed by atoms with Crippen LogP contribution < -0.4 is 0 Å². The largest absolute Gasteiger partial charge is 0.462 e. The fourth-order valence-corrected chi connectivity index (χ4v) is 5.33. The summed E-state index contributed by atoms with van der Waals surface area (Å²) >= 11 is 0. The van der Waals surface area contributed by atoms with Gasteiger partial charge in [-0.2, -0.15) is 0 Å². The molecule has 4 atom stereocenters. The van der Waals surface area contributed by atoms with Crippen molar-refractivity contribution in [1.82, 2.24) is 0 Å². The number of esters is 1. The van der Waals surface area contributed by atoms with Gasteiger partial charge in [-0.05, 0) is 44.4 Å². The molecule has 1 aliphatic heterocycles. The van der Waals surface area contributed by atoms with Crippen LogP contribution >= 0.6 is 0 Å². The summed E-state index contributed by atoms with van der Waals surface area (Å²) in [7, 11) is 2.46. The molecule has 0 N–H and O–H groups in total. The van der Waals surface area contributed by atoms with Gasteiger partial charge in [0.2, 0.25) is 0 Å². The molecule has 3 nitrogen and oxygen atoms in total. The molecule has 3 heteroatoms. The number of hydrogen-bond acceptors (Lipinski definition) is 2. The molecule has 1 saturated heterocycles. The van der Waals surface area contributed by atoms with Crippen molar-refractivity contribution in [1.29, 1.82) is 0 Å². The van der Waals surface area contributed by atoms with Crippen molar-refractivity contribution in [3.8, 4) is 0 Å². The summed E-state index contributed by atoms with van der Waals surface area (Å²) in [6, 6.07) is 0.733. The smallest absolute Gasteiger partial charge is 0.302 e. The Balaban J connectivity index is 1.79. The van der Waals surface area contributed by atoms with E-state index in [4.69, 9.17) is 4.74 Å². The lowest BCUT2D eigenvalue weighted by Crippen LogP contribution is -2.63. The lowest BCUT2D eigenvalue weighted by atomic mass is 9.66. The molecule has 114 valence electrons. The van der Waals surface area contributed by atoms with E-state index < -0.39 is 0 Å². The van der Waals surface area contributed by atoms with Gasteiger partial charge < -0.3 is 9.22 Å². The van der Waals surface area contributed by atoms with E-state index in [1.54, 1.807) is 6.92 Å². The third-order valence-corrected chi connectivity index (χ3v) is 6.27. The van der Waals surface area contributed by atoms with E-state index in [1.165, 1.54) is 68.9 Å². The van der Waals surface area contributed by atoms with Crippen molar-refractivity contribution < 1.29 is 14.0 Å². The van der Waals surface area contributed by atoms with Gasteiger partial charge in [0.15, 0.2) is 0 Å². The molecule has 0 amide bonds. The molecule has 3 aliphatic rings. The molecule has 2 saturated carbocycles. The topological polar surface area (TPSA) is 26.3 Å². The first-order valence-electron chi connectivity index (χ1n) is 8.61. The number of hydrogen-bond donors (Lipinski definition) is 0. The number of piperidine rings is 1. The summed E-state index contributed by atoms with van der Waals surface area (Å²) in [5.41, 5.74) is 0. The minimum absolute atomic E-state index is 0.0751. The highest BCUT2D eigenvalue weighted by molar-refractivity contribution is 5.66. The number of carbonyl (C=O) groups excluding carboxylic acids is 1. The highest BCUT2D eigenvalue weighted by Gasteiger charge is 2.50. The Kier molecular flexibility index (Phi) is 4.07. The highest BCUT2D eigenvalue weighted by Crippen LogP contribution is 2.46. The van der Waals surface area contributed by atoms with Crippen LogP contribution in [-0.2, 0) is 9.53 Å². The summed E-state index contributed by atoms with van der Waals surface area (Å²) in [6.07, 6.45) is 10.9. The molecule has 4 unspecified atom stereocenters. The first-order valence-corrected chi connectivity index (χ1v) is 8.61. The second kappa shape index (κ2) is 5.67. The molecule has 3 fully saturated rings. The van der Waals surface area contributed by atoms with Gasteiger partial charge in [-0.3, -0.25) is 4.79 Å². The number of fused-ring (bicyclic) bond motifs is 2. The number of carbonyl (C=O) groups is 1. The van der Waals surface area contributed by atoms with E-state index in [9.17, 15) is 4.79 Å². The van der Waals surface area contributed by atoms with E-state index in [0.717, 1.165) is 6.04 Å². The number of ether oxygens (including phenoxy) is 1. The molecule has 3 rings (SSSR count). The SMILES string of the molecule is CC(=O)OC1C2CCCC1C([N+]1(C)CCCCC1)CC2. The number of likely N-dealkylation sites (tertiary alicyclic amines) is 1. The highest BCUT2D eigenvalue weighted by atomic mass is 16.5. The molecular weight excluding hydrogens is 250 g/mol. The maximum Gasteiger partial charge on any atom is 0.302 e. The Morgan fingerprint density at radius 1 is 1.00 bits per heavy atom. The lowest BCUT2D eigenvalue weighted by Gasteiger charge is -2.54. The summed E-state index contributed by atoms with van der Waals surface area (Å²) in [5, 5.41) is 0. The lowest BCUT2D eigenvalue weighted by molar-refractivity contribution is -0.943. The fourth-order valence-electron chi connectivity index (χ4n) is 5.33. The van der Waals surface area contributed by atoms with E-state index in [1.807, 2.05) is 0 Å². The third-order valence-electron chi connectivity index (χ3n) is 6.27. The Morgan fingerprint density at radius 3 is 2.45 bits per heavy atom. The van der Waals surface area contributed by atoms with Crippen molar-refractivity contribution in [2.45, 2.75) is 70.4 Å². The van der Waals surface area contributed by atoms with Gasteiger partial charge in [0, 0.05) is 19.3 Å². The average Bonchev–Trinajstić information content (AvgIpc) is 2.38. The average molecular weight is 280 g/mol. The fraction of sp³-hybridized carbons (Fsp3) is 0.941. The van der Waals surface area contributed by atoms with E-state index in [2.05, 4.69) is 7.05 Å². The monoisotopic (exact) mass is 280 g/mol. The number of rotatable bonds is 2. The van der Waals surface area contributed by atoms with Crippen LogP contribution in [0.5, 0.6) is 0 Å². The normalized spacial score (nSPS) is 40.1. The molecule has 20 heavy (non-hydrogen) atoms. The molecule has 0 aromatic carbocycles. The Bertz CT molecular complexity index is 362. The number of quaternary nitrogens is 1. The molecule has 0 aromatic heterocycles. The molecule has 0 spiro atoms. The molecule has 1 heterocycles. The van der Waals surface area contributed by atoms with E-state index in [-0.39, 0.29) is 12.1 Å². The van der Waals surface area contributed by atoms with Gasteiger partial charge in [0.05, 0.1) is 26.2 Å². The predicted octanol–water partition coefficient (Wildman–Crippen LogP) is 3.13. The quantitative estimate of drug-likeness (QED) is 0.574. The van der Waals surface area contributed by atoms with Gasteiger partial charge >= 0.3 is 5.97 Å². The molecule has 2 aliphatic carbocycles. The first-order chi connectivity index (χ1) is 9.60. The third kappa shape index (κ3) is 2.61. The van der Waals surface area contributed by atoms with Gasteiger partial charge in [0.1, 0.15) is 6.10 Å². The van der Waals surface area contributed by atoms with Crippen LogP contribution in [0.25, 0.3) is 0 Å². The van der Waals surface area contributed by atoms with E-state index >= 15 is 0 Å². The number of nitrogens with zero attached hydrogens (tertiary/aromatic N) is 1. The van der Waals surface area contributed by atoms with Crippen molar-refractivity contribution in [3.63, 3.8) is 0 Å². The first kappa shape index (κ1) is 14.4. The minimum Gasteiger partial charge on any atom is -0.462 e. The zero-order valence-corrected chi connectivity index (χ0v) is 13.1. The van der Waals surface area contributed by atoms with Gasteiger partial charge in [-0.25, -0.2) is 0 Å². The maximum absolute atomic E-state index is 11.5. The summed E-state index contributed by atoms with van der Waals surface area (Å²) in [6.45, 7) is 4.24. The van der Waals surface area contributed by atoms with Crippen LogP contribution in [0.15, 0.2) is 0 Å². The standard InChI is InChI=1S/C17H30NO2/c1-13(19)20-17-14-7-6-8-15(17)16(10-9-14)18(2)11-4-3-5-12-18/h14-17H,3-12H2,1-2H3/q+1. The van der Waals surface area contributed by atoms with Crippen molar-refractivity contribution >= 4 is 5.97 Å². The second-order valence-corrected chi connectivity index (χ2v) is 7.56. The summed E-state index contributed by atoms with van der Waals surface area (Å²) < 4.78 is 7.02. The molecule has 0 radical (unpaired) electrons. The Morgan fingerprint density at radius 2 is 1.75 bits per heavy atom. The van der Waals surface area contributed by atoms with Crippen LogP contribution in [0.2, 0.25) is 0 Å². The van der Waals surface area contributed by atoms with Crippen LogP contribution in [0.1, 0.15) is 58.3 Å². The predicted molar refractivity (Wildman–Crippen MR) is 79.2 cm³/mol. The van der Waals surface area contributed by atoms with Crippen LogP contribution in [0.4, 0.5) is 0 Å². The molecule has 0 aromatic rings. The van der Waals surface area contributed by atoms with Crippen LogP contribution in [0, 0.1) is 11.8 Å². The zero-order valence-electron chi connectivity index (χ0n) is 13.1. The van der Waals surface area contributed by atoms with Gasteiger partial charge in [0.25, 0.3) is 0 Å².